The fraction of sp³-hybridized carbons (Fsp3) is 0.733. The second kappa shape index (κ2) is 6.39. The van der Waals surface area contributed by atoms with Gasteiger partial charge in [-0.25, -0.2) is 9.97 Å². The molecule has 1 aromatic heterocycles. The Hall–Kier alpha value is -0.680. The first kappa shape index (κ1) is 14.3. The van der Waals surface area contributed by atoms with Crippen molar-refractivity contribution >= 4 is 21.7 Å². The monoisotopic (exact) mass is 338 g/mol. The van der Waals surface area contributed by atoms with E-state index < -0.39 is 0 Å². The number of likely N-dealkylation sites (tertiary alicyclic amines) is 1. The number of halogens is 1. The summed E-state index contributed by atoms with van der Waals surface area (Å²) in [7, 11) is 0. The molecular formula is C15H23BrN4. The summed E-state index contributed by atoms with van der Waals surface area (Å²) in [6.45, 7) is 7.02. The summed E-state index contributed by atoms with van der Waals surface area (Å²) in [5.74, 6) is 3.19. The summed E-state index contributed by atoms with van der Waals surface area (Å²) in [6, 6.07) is 1.98. The molecule has 0 radical (unpaired) electrons. The molecule has 0 aromatic carbocycles. The van der Waals surface area contributed by atoms with Gasteiger partial charge in [-0.2, -0.15) is 0 Å². The maximum absolute atomic E-state index is 4.63. The summed E-state index contributed by atoms with van der Waals surface area (Å²) in [6.07, 6.45) is 5.20. The van der Waals surface area contributed by atoms with E-state index in [0.29, 0.717) is 11.8 Å². The first-order chi connectivity index (χ1) is 9.70. The molecule has 2 heterocycles. The quantitative estimate of drug-likeness (QED) is 0.808. The molecule has 20 heavy (non-hydrogen) atoms. The molecule has 5 heteroatoms. The van der Waals surface area contributed by atoms with Gasteiger partial charge in [-0.1, -0.05) is 6.92 Å². The Bertz CT molecular complexity index is 455. The van der Waals surface area contributed by atoms with Gasteiger partial charge in [0.2, 0.25) is 0 Å². The van der Waals surface area contributed by atoms with Gasteiger partial charge in [0.15, 0.2) is 0 Å². The smallest absolute Gasteiger partial charge is 0.135 e. The Kier molecular flexibility index (Phi) is 4.56. The Morgan fingerprint density at radius 3 is 2.80 bits per heavy atom. The second-order valence-electron chi connectivity index (χ2n) is 6.20. The molecule has 0 bridgehead atoms. The molecule has 2 fully saturated rings. The molecule has 0 spiro atoms. The summed E-state index contributed by atoms with van der Waals surface area (Å²) in [5, 5.41) is 3.47. The summed E-state index contributed by atoms with van der Waals surface area (Å²) in [5.41, 5.74) is 0. The van der Waals surface area contributed by atoms with Crippen molar-refractivity contribution < 1.29 is 0 Å². The third-order valence-electron chi connectivity index (χ3n) is 4.05. The number of hydrogen-bond acceptors (Lipinski definition) is 4. The van der Waals surface area contributed by atoms with Gasteiger partial charge >= 0.3 is 0 Å². The molecule has 1 atom stereocenters. The molecular weight excluding hydrogens is 316 g/mol. The predicted molar refractivity (Wildman–Crippen MR) is 85.0 cm³/mol. The molecule has 1 aliphatic heterocycles. The van der Waals surface area contributed by atoms with Crippen molar-refractivity contribution in [3.8, 4) is 0 Å². The van der Waals surface area contributed by atoms with Crippen molar-refractivity contribution in [3.05, 3.63) is 16.5 Å². The van der Waals surface area contributed by atoms with Gasteiger partial charge in [0.1, 0.15) is 16.2 Å². The van der Waals surface area contributed by atoms with E-state index in [1.165, 1.54) is 45.3 Å². The highest BCUT2D eigenvalue weighted by atomic mass is 79.9. The largest absolute Gasteiger partial charge is 0.370 e. The van der Waals surface area contributed by atoms with Gasteiger partial charge in [0.25, 0.3) is 0 Å². The van der Waals surface area contributed by atoms with Gasteiger partial charge in [0.05, 0.1) is 0 Å². The van der Waals surface area contributed by atoms with Gasteiger partial charge in [-0.05, 0) is 60.6 Å². The molecule has 2 aliphatic rings. The third kappa shape index (κ3) is 3.92. The minimum Gasteiger partial charge on any atom is -0.370 e. The normalized spacial score (nSPS) is 21.1. The van der Waals surface area contributed by atoms with E-state index in [1.807, 2.05) is 6.07 Å². The van der Waals surface area contributed by atoms with Gasteiger partial charge in [0, 0.05) is 25.1 Å². The second-order valence-corrected chi connectivity index (χ2v) is 7.01. The Labute approximate surface area is 129 Å². The van der Waals surface area contributed by atoms with Crippen LogP contribution in [0.5, 0.6) is 0 Å². The van der Waals surface area contributed by atoms with Crippen LogP contribution >= 0.6 is 15.9 Å². The zero-order valence-electron chi connectivity index (χ0n) is 12.1. The Morgan fingerprint density at radius 2 is 2.10 bits per heavy atom. The molecule has 1 saturated carbocycles. The number of hydrogen-bond donors (Lipinski definition) is 1. The molecule has 1 unspecified atom stereocenters. The van der Waals surface area contributed by atoms with Gasteiger partial charge in [-0.3, -0.25) is 0 Å². The average molecular weight is 339 g/mol. The van der Waals surface area contributed by atoms with Gasteiger partial charge in [-0.15, -0.1) is 0 Å². The van der Waals surface area contributed by atoms with Crippen LogP contribution in [0.15, 0.2) is 10.7 Å². The van der Waals surface area contributed by atoms with Crippen LogP contribution in [0.4, 0.5) is 5.82 Å². The number of anilines is 1. The van der Waals surface area contributed by atoms with E-state index in [-0.39, 0.29) is 0 Å². The van der Waals surface area contributed by atoms with E-state index in [4.69, 9.17) is 0 Å². The summed E-state index contributed by atoms with van der Waals surface area (Å²) >= 11 is 3.49. The standard InChI is InChI=1S/C15H23BrN4/c1-11(10-20-6-2-3-7-20)9-17-14-8-13(16)18-15(19-14)12-4-5-12/h8,11-12H,2-7,9-10H2,1H3,(H,17,18,19). The molecule has 0 amide bonds. The lowest BCUT2D eigenvalue weighted by Crippen LogP contribution is -2.29. The van der Waals surface area contributed by atoms with Crippen LogP contribution in [0, 0.1) is 5.92 Å². The van der Waals surface area contributed by atoms with Crippen LogP contribution in [-0.4, -0.2) is 41.0 Å². The molecule has 1 N–H and O–H groups in total. The lowest BCUT2D eigenvalue weighted by molar-refractivity contribution is 0.294. The predicted octanol–water partition coefficient (Wildman–Crippen LogP) is 3.26. The molecule has 1 aliphatic carbocycles. The van der Waals surface area contributed by atoms with E-state index in [1.54, 1.807) is 0 Å². The summed E-state index contributed by atoms with van der Waals surface area (Å²) in [4.78, 5) is 11.7. The Balaban J connectivity index is 1.51. The average Bonchev–Trinajstić information content (AvgIpc) is 3.15. The Morgan fingerprint density at radius 1 is 1.35 bits per heavy atom. The summed E-state index contributed by atoms with van der Waals surface area (Å²) < 4.78 is 0.893. The zero-order valence-corrected chi connectivity index (χ0v) is 13.7. The topological polar surface area (TPSA) is 41.1 Å². The molecule has 3 rings (SSSR count). The highest BCUT2D eigenvalue weighted by Crippen LogP contribution is 2.38. The zero-order chi connectivity index (χ0) is 13.9. The fourth-order valence-electron chi connectivity index (χ4n) is 2.80. The molecule has 110 valence electrons. The van der Waals surface area contributed by atoms with Crippen LogP contribution in [0.2, 0.25) is 0 Å². The molecule has 4 nitrogen and oxygen atoms in total. The van der Waals surface area contributed by atoms with E-state index in [2.05, 4.69) is 43.0 Å². The number of aromatic nitrogens is 2. The number of nitrogens with zero attached hydrogens (tertiary/aromatic N) is 3. The van der Waals surface area contributed by atoms with E-state index in [9.17, 15) is 0 Å². The lowest BCUT2D eigenvalue weighted by Gasteiger charge is -2.20. The van der Waals surface area contributed by atoms with Crippen molar-refractivity contribution in [3.63, 3.8) is 0 Å². The minimum atomic E-state index is 0.593. The van der Waals surface area contributed by atoms with Gasteiger partial charge < -0.3 is 10.2 Å². The van der Waals surface area contributed by atoms with Crippen LogP contribution in [0.25, 0.3) is 0 Å². The minimum absolute atomic E-state index is 0.593. The highest BCUT2D eigenvalue weighted by Gasteiger charge is 2.27. The first-order valence-corrected chi connectivity index (χ1v) is 8.51. The highest BCUT2D eigenvalue weighted by molar-refractivity contribution is 9.10. The fourth-order valence-corrected chi connectivity index (χ4v) is 3.20. The van der Waals surface area contributed by atoms with E-state index >= 15 is 0 Å². The first-order valence-electron chi connectivity index (χ1n) is 7.71. The van der Waals surface area contributed by atoms with Crippen molar-refractivity contribution in [2.24, 2.45) is 5.92 Å². The molecule has 1 saturated heterocycles. The number of rotatable bonds is 6. The van der Waals surface area contributed by atoms with Crippen molar-refractivity contribution in [2.45, 2.75) is 38.5 Å². The van der Waals surface area contributed by atoms with E-state index in [0.717, 1.165) is 22.8 Å². The maximum Gasteiger partial charge on any atom is 0.135 e. The van der Waals surface area contributed by atoms with Crippen LogP contribution in [-0.2, 0) is 0 Å². The maximum atomic E-state index is 4.63. The lowest BCUT2D eigenvalue weighted by atomic mass is 10.1. The van der Waals surface area contributed by atoms with Crippen molar-refractivity contribution in [1.82, 2.24) is 14.9 Å². The van der Waals surface area contributed by atoms with Crippen LogP contribution < -0.4 is 5.32 Å². The number of nitrogens with one attached hydrogen (secondary N) is 1. The van der Waals surface area contributed by atoms with Crippen molar-refractivity contribution in [2.75, 3.05) is 31.5 Å². The van der Waals surface area contributed by atoms with Crippen LogP contribution in [0.1, 0.15) is 44.3 Å². The SMILES string of the molecule is CC(CNc1cc(Br)nc(C2CC2)n1)CN1CCCC1. The van der Waals surface area contributed by atoms with Crippen LogP contribution in [0.3, 0.4) is 0 Å². The van der Waals surface area contributed by atoms with Crippen molar-refractivity contribution in [1.29, 1.82) is 0 Å². The third-order valence-corrected chi connectivity index (χ3v) is 4.46. The molecule has 1 aromatic rings.